The summed E-state index contributed by atoms with van der Waals surface area (Å²) >= 11 is 3.11. The van der Waals surface area contributed by atoms with Crippen molar-refractivity contribution in [1.82, 2.24) is 0 Å². The minimum absolute atomic E-state index is 0.0403. The van der Waals surface area contributed by atoms with E-state index in [4.69, 9.17) is 10.2 Å². The normalized spacial score (nSPS) is 18.0. The van der Waals surface area contributed by atoms with Crippen LogP contribution in [0.3, 0.4) is 0 Å². The Morgan fingerprint density at radius 3 is 2.25 bits per heavy atom. The maximum absolute atomic E-state index is 9.12. The van der Waals surface area contributed by atoms with E-state index < -0.39 is 5.60 Å². The van der Waals surface area contributed by atoms with Gasteiger partial charge >= 0.3 is 0 Å². The SMILES string of the molecule is CC(O)(CBr)CCO. The predicted molar refractivity (Wildman–Crippen MR) is 36.1 cm³/mol. The van der Waals surface area contributed by atoms with E-state index in [0.29, 0.717) is 11.8 Å². The quantitative estimate of drug-likeness (QED) is 0.626. The van der Waals surface area contributed by atoms with Gasteiger partial charge in [-0.1, -0.05) is 15.9 Å². The van der Waals surface area contributed by atoms with Crippen molar-refractivity contribution < 1.29 is 10.2 Å². The lowest BCUT2D eigenvalue weighted by atomic mass is 10.1. The van der Waals surface area contributed by atoms with Gasteiger partial charge in [0.25, 0.3) is 0 Å². The molecular formula is C5H11BrO2. The molecule has 0 saturated carbocycles. The zero-order valence-corrected chi connectivity index (χ0v) is 6.48. The van der Waals surface area contributed by atoms with Gasteiger partial charge in [0.05, 0.1) is 5.60 Å². The molecule has 50 valence electrons. The molecule has 0 aromatic carbocycles. The molecule has 0 aromatic rings. The van der Waals surface area contributed by atoms with Crippen molar-refractivity contribution in [3.8, 4) is 0 Å². The molecule has 0 rings (SSSR count). The first kappa shape index (κ1) is 8.40. The van der Waals surface area contributed by atoms with E-state index in [-0.39, 0.29) is 6.61 Å². The molecule has 3 heteroatoms. The Morgan fingerprint density at radius 2 is 2.12 bits per heavy atom. The summed E-state index contributed by atoms with van der Waals surface area (Å²) < 4.78 is 0. The molecule has 0 radical (unpaired) electrons. The number of hydrogen-bond donors (Lipinski definition) is 2. The summed E-state index contributed by atoms with van der Waals surface area (Å²) in [4.78, 5) is 0. The van der Waals surface area contributed by atoms with Crippen LogP contribution in [-0.2, 0) is 0 Å². The average Bonchev–Trinajstić information content (AvgIpc) is 1.67. The number of rotatable bonds is 3. The van der Waals surface area contributed by atoms with Gasteiger partial charge in [-0.3, -0.25) is 0 Å². The first-order valence-electron chi connectivity index (χ1n) is 2.51. The third kappa shape index (κ3) is 3.41. The molecule has 0 aliphatic heterocycles. The van der Waals surface area contributed by atoms with E-state index in [1.807, 2.05) is 0 Å². The average molecular weight is 183 g/mol. The highest BCUT2D eigenvalue weighted by Crippen LogP contribution is 2.10. The Labute approximate surface area is 57.7 Å². The van der Waals surface area contributed by atoms with Crippen LogP contribution in [0.1, 0.15) is 13.3 Å². The molecule has 0 aromatic heterocycles. The van der Waals surface area contributed by atoms with Crippen molar-refractivity contribution in [1.29, 1.82) is 0 Å². The molecule has 0 bridgehead atoms. The fourth-order valence-electron chi connectivity index (χ4n) is 0.308. The first-order chi connectivity index (χ1) is 3.62. The number of halogens is 1. The van der Waals surface area contributed by atoms with Crippen LogP contribution in [0.25, 0.3) is 0 Å². The summed E-state index contributed by atoms with van der Waals surface area (Å²) in [5, 5.41) is 18.0. The second-order valence-corrected chi connectivity index (χ2v) is 2.66. The minimum atomic E-state index is -0.741. The molecule has 2 nitrogen and oxygen atoms in total. The van der Waals surface area contributed by atoms with Crippen molar-refractivity contribution in [2.24, 2.45) is 0 Å². The van der Waals surface area contributed by atoms with Crippen LogP contribution >= 0.6 is 15.9 Å². The van der Waals surface area contributed by atoms with Crippen LogP contribution in [0.5, 0.6) is 0 Å². The van der Waals surface area contributed by atoms with Crippen LogP contribution in [0, 0.1) is 0 Å². The Hall–Kier alpha value is 0.400. The van der Waals surface area contributed by atoms with Gasteiger partial charge in [0.1, 0.15) is 0 Å². The zero-order chi connectivity index (χ0) is 6.62. The van der Waals surface area contributed by atoms with Crippen molar-refractivity contribution in [2.75, 3.05) is 11.9 Å². The van der Waals surface area contributed by atoms with Gasteiger partial charge < -0.3 is 10.2 Å². The smallest absolute Gasteiger partial charge is 0.0737 e. The van der Waals surface area contributed by atoms with Gasteiger partial charge in [-0.25, -0.2) is 0 Å². The number of aliphatic hydroxyl groups is 2. The molecule has 0 amide bonds. The summed E-state index contributed by atoms with van der Waals surface area (Å²) in [6.45, 7) is 1.72. The third-order valence-corrected chi connectivity index (χ3v) is 2.15. The second kappa shape index (κ2) is 3.43. The maximum atomic E-state index is 9.12. The lowest BCUT2D eigenvalue weighted by molar-refractivity contribution is 0.0572. The summed E-state index contributed by atoms with van der Waals surface area (Å²) in [6.07, 6.45) is 0.429. The lowest BCUT2D eigenvalue weighted by Crippen LogP contribution is -2.26. The Balaban J connectivity index is 3.37. The van der Waals surface area contributed by atoms with Crippen LogP contribution in [-0.4, -0.2) is 27.8 Å². The van der Waals surface area contributed by atoms with Crippen LogP contribution in [0.4, 0.5) is 0 Å². The Morgan fingerprint density at radius 1 is 1.62 bits per heavy atom. The molecule has 0 spiro atoms. The fraction of sp³-hybridized carbons (Fsp3) is 1.00. The number of alkyl halides is 1. The monoisotopic (exact) mass is 182 g/mol. The highest BCUT2D eigenvalue weighted by atomic mass is 79.9. The molecule has 0 fully saturated rings. The summed E-state index contributed by atoms with van der Waals surface area (Å²) in [5.41, 5.74) is -0.741. The lowest BCUT2D eigenvalue weighted by Gasteiger charge is -2.17. The molecule has 0 saturated heterocycles. The molecule has 0 heterocycles. The highest BCUT2D eigenvalue weighted by Gasteiger charge is 2.16. The summed E-state index contributed by atoms with van der Waals surface area (Å²) in [5.74, 6) is 0. The van der Waals surface area contributed by atoms with Crippen molar-refractivity contribution in [3.05, 3.63) is 0 Å². The van der Waals surface area contributed by atoms with Gasteiger partial charge in [0, 0.05) is 11.9 Å². The van der Waals surface area contributed by atoms with E-state index in [2.05, 4.69) is 15.9 Å². The predicted octanol–water partition coefficient (Wildman–Crippen LogP) is 0.515. The molecule has 1 atom stereocenters. The molecule has 1 unspecified atom stereocenters. The zero-order valence-electron chi connectivity index (χ0n) is 4.89. The van der Waals surface area contributed by atoms with E-state index in [0.717, 1.165) is 0 Å². The molecule has 2 N–H and O–H groups in total. The van der Waals surface area contributed by atoms with E-state index in [1.54, 1.807) is 6.92 Å². The summed E-state index contributed by atoms with van der Waals surface area (Å²) in [7, 11) is 0. The number of aliphatic hydroxyl groups excluding tert-OH is 1. The minimum Gasteiger partial charge on any atom is -0.396 e. The Kier molecular flexibility index (Phi) is 3.60. The van der Waals surface area contributed by atoms with E-state index in [9.17, 15) is 0 Å². The van der Waals surface area contributed by atoms with E-state index >= 15 is 0 Å². The van der Waals surface area contributed by atoms with Gasteiger partial charge in [0.2, 0.25) is 0 Å². The van der Waals surface area contributed by atoms with Crippen LogP contribution in [0.15, 0.2) is 0 Å². The highest BCUT2D eigenvalue weighted by molar-refractivity contribution is 9.09. The first-order valence-corrected chi connectivity index (χ1v) is 3.64. The van der Waals surface area contributed by atoms with Crippen molar-refractivity contribution >= 4 is 15.9 Å². The topological polar surface area (TPSA) is 40.5 Å². The molecule has 0 aliphatic rings. The van der Waals surface area contributed by atoms with E-state index in [1.165, 1.54) is 0 Å². The van der Waals surface area contributed by atoms with Gasteiger partial charge in [-0.15, -0.1) is 0 Å². The van der Waals surface area contributed by atoms with Gasteiger partial charge in [-0.05, 0) is 13.3 Å². The second-order valence-electron chi connectivity index (χ2n) is 2.10. The van der Waals surface area contributed by atoms with Crippen LogP contribution in [0.2, 0.25) is 0 Å². The summed E-state index contributed by atoms with van der Waals surface area (Å²) in [6, 6.07) is 0. The maximum Gasteiger partial charge on any atom is 0.0737 e. The Bertz CT molecular complexity index is 63.4. The van der Waals surface area contributed by atoms with Gasteiger partial charge in [-0.2, -0.15) is 0 Å². The van der Waals surface area contributed by atoms with Crippen LogP contribution < -0.4 is 0 Å². The fourth-order valence-corrected chi connectivity index (χ4v) is 0.588. The molecule has 8 heavy (non-hydrogen) atoms. The van der Waals surface area contributed by atoms with Gasteiger partial charge in [0.15, 0.2) is 0 Å². The molecule has 0 aliphatic carbocycles. The third-order valence-electron chi connectivity index (χ3n) is 0.938. The number of hydrogen-bond acceptors (Lipinski definition) is 2. The largest absolute Gasteiger partial charge is 0.396 e. The van der Waals surface area contributed by atoms with Crippen molar-refractivity contribution in [3.63, 3.8) is 0 Å². The molecular weight excluding hydrogens is 172 g/mol. The van der Waals surface area contributed by atoms with Crippen molar-refractivity contribution in [2.45, 2.75) is 18.9 Å². The standard InChI is InChI=1S/C5H11BrO2/c1-5(8,4-6)2-3-7/h7-8H,2-4H2,1H3.